The Kier molecular flexibility index (Phi) is 10.3. The minimum Gasteiger partial charge on any atom is -0.480 e. The van der Waals surface area contributed by atoms with E-state index in [-0.39, 0.29) is 65.8 Å². The topological polar surface area (TPSA) is 152 Å². The number of benzene rings is 2. The average Bonchev–Trinajstić information content (AvgIpc) is 4.05. The average molecular weight is 891 g/mol. The normalized spacial score (nSPS) is 22.9. The van der Waals surface area contributed by atoms with Crippen LogP contribution in [0.2, 0.25) is 5.02 Å². The Labute approximate surface area is 364 Å². The molecule has 4 aliphatic heterocycles. The van der Waals surface area contributed by atoms with E-state index in [0.717, 1.165) is 0 Å². The Morgan fingerprint density at radius 2 is 1.73 bits per heavy atom. The van der Waals surface area contributed by atoms with Gasteiger partial charge in [0.25, 0.3) is 5.56 Å². The van der Waals surface area contributed by atoms with Crippen LogP contribution in [0.5, 0.6) is 5.75 Å². The molecule has 0 spiro atoms. The number of carbonyl (C=O) groups is 2. The van der Waals surface area contributed by atoms with Gasteiger partial charge in [0.1, 0.15) is 16.2 Å². The molecular formula is C44H47ClF4N10O4. The first-order valence-electron chi connectivity index (χ1n) is 21.5. The van der Waals surface area contributed by atoms with Gasteiger partial charge in [-0.15, -0.1) is 0 Å². The van der Waals surface area contributed by atoms with E-state index in [1.807, 2.05) is 11.0 Å². The summed E-state index contributed by atoms with van der Waals surface area (Å²) in [4.78, 5) is 50.7. The molecule has 0 bridgehead atoms. The molecule has 1 saturated carbocycles. The van der Waals surface area contributed by atoms with Gasteiger partial charge in [-0.3, -0.25) is 24.4 Å². The van der Waals surface area contributed by atoms with E-state index >= 15 is 17.6 Å². The maximum Gasteiger partial charge on any atom is 0.301 e. The molecule has 0 radical (unpaired) electrons. The number of piperidine rings is 3. The van der Waals surface area contributed by atoms with Crippen LogP contribution in [0.4, 0.5) is 40.7 Å². The van der Waals surface area contributed by atoms with Crippen molar-refractivity contribution in [2.45, 2.75) is 80.8 Å². The minimum atomic E-state index is -3.16. The molecule has 5 aliphatic rings. The molecule has 332 valence electrons. The highest BCUT2D eigenvalue weighted by atomic mass is 35.5. The number of halogens is 5. The van der Waals surface area contributed by atoms with Gasteiger partial charge in [0.05, 0.1) is 35.1 Å². The second-order valence-corrected chi connectivity index (χ2v) is 18.3. The molecule has 14 nitrogen and oxygen atoms in total. The molecule has 4 fully saturated rings. The Bertz CT molecular complexity index is 2730. The summed E-state index contributed by atoms with van der Waals surface area (Å²) >= 11 is 6.58. The summed E-state index contributed by atoms with van der Waals surface area (Å²) in [5.41, 5.74) is 0.739. The van der Waals surface area contributed by atoms with E-state index in [1.54, 1.807) is 38.4 Å². The van der Waals surface area contributed by atoms with Crippen molar-refractivity contribution in [1.29, 1.82) is 0 Å². The number of hydrogen-bond acceptors (Lipinski definition) is 11. The third-order valence-corrected chi connectivity index (χ3v) is 13.9. The number of nitrogens with one attached hydrogen (secondary N) is 3. The number of likely N-dealkylation sites (tertiary alicyclic amines) is 1. The summed E-state index contributed by atoms with van der Waals surface area (Å²) in [6, 6.07) is 7.65. The van der Waals surface area contributed by atoms with Crippen LogP contribution in [0.1, 0.15) is 74.5 Å². The summed E-state index contributed by atoms with van der Waals surface area (Å²) in [5.74, 6) is -4.63. The van der Waals surface area contributed by atoms with Crippen LogP contribution in [-0.2, 0) is 23.7 Å². The van der Waals surface area contributed by atoms with Crippen LogP contribution in [-0.4, -0.2) is 98.0 Å². The van der Waals surface area contributed by atoms with Crippen LogP contribution in [0.3, 0.4) is 0 Å². The number of aryl methyl sites for hydroxylation is 2. The predicted molar refractivity (Wildman–Crippen MR) is 230 cm³/mol. The minimum absolute atomic E-state index is 0.0570. The standard InChI is InChI=1S/C44H47ClF4N10O4/c1-56-31-9-5-25(19-29(31)35-37(41(56)62)63-22-44(48,49)38(53-35)24-3-4-24)51-39-30(45)20-50-42(54-39)59-17-13-43(47,14-18-59)21-58-15-11-23(12-16-58)26-6-7-27-34(55-57(2)36(27)33(26)46)28-8-10-32(60)52-40(28)61/h5-7,9,19-20,23-24,28,38,53H,3-4,8,10-18,21-22H2,1-2H3,(H,50,51,54)(H,52,60,61). The van der Waals surface area contributed by atoms with Crippen molar-refractivity contribution >= 4 is 68.4 Å². The third kappa shape index (κ3) is 7.61. The van der Waals surface area contributed by atoms with Crippen LogP contribution in [0.15, 0.2) is 41.3 Å². The molecule has 2 unspecified atom stereocenters. The molecule has 1 aliphatic carbocycles. The van der Waals surface area contributed by atoms with Crippen LogP contribution in [0, 0.1) is 11.7 Å². The van der Waals surface area contributed by atoms with Gasteiger partial charge in [0.2, 0.25) is 23.5 Å². The van der Waals surface area contributed by atoms with Crippen molar-refractivity contribution in [3.8, 4) is 5.75 Å². The molecule has 3 aromatic heterocycles. The van der Waals surface area contributed by atoms with E-state index in [9.17, 15) is 14.4 Å². The van der Waals surface area contributed by atoms with Crippen LogP contribution >= 0.6 is 11.6 Å². The van der Waals surface area contributed by atoms with Gasteiger partial charge in [-0.1, -0.05) is 23.7 Å². The summed E-state index contributed by atoms with van der Waals surface area (Å²) < 4.78 is 71.3. The van der Waals surface area contributed by atoms with Gasteiger partial charge in [-0.25, -0.2) is 22.5 Å². The number of ether oxygens (including phenoxy) is 1. The first-order valence-corrected chi connectivity index (χ1v) is 21.9. The fourth-order valence-corrected chi connectivity index (χ4v) is 10.1. The molecule has 63 heavy (non-hydrogen) atoms. The lowest BCUT2D eigenvalue weighted by Crippen LogP contribution is -2.50. The van der Waals surface area contributed by atoms with Gasteiger partial charge < -0.3 is 29.7 Å². The second kappa shape index (κ2) is 15.6. The summed E-state index contributed by atoms with van der Waals surface area (Å²) in [6.45, 7) is 1.35. The van der Waals surface area contributed by atoms with E-state index < -0.39 is 41.6 Å². The van der Waals surface area contributed by atoms with Gasteiger partial charge in [-0.2, -0.15) is 10.1 Å². The summed E-state index contributed by atoms with van der Waals surface area (Å²) in [5, 5.41) is 14.4. The predicted octanol–water partition coefficient (Wildman–Crippen LogP) is 6.68. The highest BCUT2D eigenvalue weighted by molar-refractivity contribution is 6.33. The van der Waals surface area contributed by atoms with E-state index in [4.69, 9.17) is 21.3 Å². The fourth-order valence-electron chi connectivity index (χ4n) is 9.98. The summed E-state index contributed by atoms with van der Waals surface area (Å²) in [6.07, 6.45) is 5.20. The molecule has 10 rings (SSSR count). The number of hydrogen-bond donors (Lipinski definition) is 3. The van der Waals surface area contributed by atoms with Crippen molar-refractivity contribution in [3.05, 3.63) is 69.0 Å². The summed E-state index contributed by atoms with van der Waals surface area (Å²) in [7, 11) is 3.23. The van der Waals surface area contributed by atoms with Crippen molar-refractivity contribution in [2.75, 3.05) is 54.9 Å². The Balaban J connectivity index is 0.783. The zero-order valence-electron chi connectivity index (χ0n) is 34.8. The molecule has 7 heterocycles. The second-order valence-electron chi connectivity index (χ2n) is 17.9. The van der Waals surface area contributed by atoms with E-state index in [2.05, 4.69) is 30.9 Å². The molecule has 3 saturated heterocycles. The van der Waals surface area contributed by atoms with Crippen molar-refractivity contribution < 1.29 is 31.9 Å². The number of rotatable bonds is 8. The van der Waals surface area contributed by atoms with Crippen LogP contribution < -0.4 is 31.1 Å². The lowest BCUT2D eigenvalue weighted by molar-refractivity contribution is -0.134. The zero-order valence-corrected chi connectivity index (χ0v) is 35.6. The molecule has 5 aromatic rings. The maximum absolute atomic E-state index is 16.5. The van der Waals surface area contributed by atoms with Crippen LogP contribution in [0.25, 0.3) is 21.8 Å². The first-order chi connectivity index (χ1) is 30.2. The van der Waals surface area contributed by atoms with Crippen molar-refractivity contribution in [3.63, 3.8) is 0 Å². The SMILES string of the molecule is Cn1nc(C2CCC(=O)NC2=O)c2ccc(C3CCN(CC4(F)CCN(c5ncc(Cl)c(Nc6ccc7c(c6)c6c(c(=O)n7C)OCC(F)(F)C(C7CC7)N6)n5)CC4)CC3)c(F)c21. The quantitative estimate of drug-likeness (QED) is 0.113. The Hall–Kier alpha value is -5.49. The fraction of sp³-hybridized carbons (Fsp3) is 0.500. The van der Waals surface area contributed by atoms with Crippen molar-refractivity contribution in [1.82, 2.24) is 34.5 Å². The largest absolute Gasteiger partial charge is 0.480 e. The molecule has 19 heteroatoms. The highest BCUT2D eigenvalue weighted by Crippen LogP contribution is 2.46. The van der Waals surface area contributed by atoms with Crippen molar-refractivity contribution in [2.24, 2.45) is 20.0 Å². The number of fused-ring (bicyclic) bond motifs is 4. The lowest BCUT2D eigenvalue weighted by atomic mass is 9.86. The smallest absolute Gasteiger partial charge is 0.301 e. The number of amides is 2. The lowest BCUT2D eigenvalue weighted by Gasteiger charge is -2.41. The number of nitrogens with zero attached hydrogens (tertiary/aromatic N) is 7. The van der Waals surface area contributed by atoms with E-state index in [0.29, 0.717) is 109 Å². The van der Waals surface area contributed by atoms with Gasteiger partial charge in [0, 0.05) is 69.5 Å². The van der Waals surface area contributed by atoms with Gasteiger partial charge >= 0.3 is 5.92 Å². The molecule has 2 aromatic carbocycles. The molecular weight excluding hydrogens is 844 g/mol. The number of carbonyl (C=O) groups excluding carboxylic acids is 2. The van der Waals surface area contributed by atoms with E-state index in [1.165, 1.54) is 15.4 Å². The Morgan fingerprint density at radius 3 is 2.46 bits per heavy atom. The number of anilines is 4. The maximum atomic E-state index is 16.5. The third-order valence-electron chi connectivity index (χ3n) is 13.7. The highest BCUT2D eigenvalue weighted by Gasteiger charge is 2.51. The number of pyridine rings is 1. The van der Waals surface area contributed by atoms with Gasteiger partial charge in [0.15, 0.2) is 18.2 Å². The number of aromatic nitrogens is 5. The monoisotopic (exact) mass is 890 g/mol. The van der Waals surface area contributed by atoms with Gasteiger partial charge in [-0.05, 0) is 80.8 Å². The zero-order chi connectivity index (χ0) is 43.9. The molecule has 2 atom stereocenters. The number of imide groups is 1. The number of alkyl halides is 3. The Morgan fingerprint density at radius 1 is 0.968 bits per heavy atom. The molecule has 2 amide bonds. The first kappa shape index (κ1) is 41.5. The molecule has 3 N–H and O–H groups in total.